The van der Waals surface area contributed by atoms with Crippen molar-refractivity contribution < 1.29 is 23.1 Å². The van der Waals surface area contributed by atoms with Crippen LogP contribution in [0.1, 0.15) is 6.92 Å². The van der Waals surface area contributed by atoms with Crippen LogP contribution in [0.4, 0.5) is 5.69 Å². The van der Waals surface area contributed by atoms with Crippen molar-refractivity contribution >= 4 is 21.6 Å². The molecule has 0 unspecified atom stereocenters. The van der Waals surface area contributed by atoms with Crippen molar-refractivity contribution in [2.75, 3.05) is 31.2 Å². The number of aliphatic hydroxyl groups is 1. The Labute approximate surface area is 117 Å². The Bertz CT molecular complexity index is 614. The maximum Gasteiger partial charge on any atom is 0.265 e. The minimum atomic E-state index is -3.71. The Morgan fingerprint density at radius 2 is 2.20 bits per heavy atom. The van der Waals surface area contributed by atoms with Crippen LogP contribution in [-0.4, -0.2) is 45.7 Å². The molecule has 0 aromatic heterocycles. The zero-order chi connectivity index (χ0) is 14.8. The second-order valence-corrected chi connectivity index (χ2v) is 5.94. The number of hydrogen-bond donors (Lipinski definition) is 2. The molecule has 0 saturated heterocycles. The summed E-state index contributed by atoms with van der Waals surface area (Å²) >= 11 is 0. The van der Waals surface area contributed by atoms with Crippen LogP contribution in [0.5, 0.6) is 5.75 Å². The van der Waals surface area contributed by atoms with Crippen molar-refractivity contribution in [1.29, 1.82) is 0 Å². The molecule has 0 aliphatic carbocycles. The van der Waals surface area contributed by atoms with Gasteiger partial charge in [-0.3, -0.25) is 4.79 Å². The van der Waals surface area contributed by atoms with Gasteiger partial charge in [0.25, 0.3) is 5.91 Å². The second kappa shape index (κ2) is 5.78. The standard InChI is InChI=1S/C12H16N2O5S/c1-2-14-10-7-9(20(17,18)13-5-6-15)3-4-11(10)19-8-12(14)16/h3-4,7,13,15H,2,5-6,8H2,1H3. The van der Waals surface area contributed by atoms with Crippen LogP contribution < -0.4 is 14.4 Å². The first-order valence-electron chi connectivity index (χ1n) is 6.17. The van der Waals surface area contributed by atoms with Crippen molar-refractivity contribution in [1.82, 2.24) is 4.72 Å². The average Bonchev–Trinajstić information content (AvgIpc) is 2.44. The molecule has 7 nitrogen and oxygen atoms in total. The average molecular weight is 300 g/mol. The van der Waals surface area contributed by atoms with E-state index in [4.69, 9.17) is 9.84 Å². The van der Waals surface area contributed by atoms with Crippen LogP contribution in [0.2, 0.25) is 0 Å². The molecule has 110 valence electrons. The van der Waals surface area contributed by atoms with E-state index < -0.39 is 10.0 Å². The van der Waals surface area contributed by atoms with Crippen LogP contribution in [0, 0.1) is 0 Å². The zero-order valence-corrected chi connectivity index (χ0v) is 11.8. The van der Waals surface area contributed by atoms with Gasteiger partial charge in [0.2, 0.25) is 10.0 Å². The summed E-state index contributed by atoms with van der Waals surface area (Å²) < 4.78 is 31.5. The molecule has 0 spiro atoms. The second-order valence-electron chi connectivity index (χ2n) is 4.18. The first-order valence-corrected chi connectivity index (χ1v) is 7.65. The number of hydrogen-bond acceptors (Lipinski definition) is 5. The molecule has 0 atom stereocenters. The number of sulfonamides is 1. The molecule has 1 aliphatic rings. The van der Waals surface area contributed by atoms with Gasteiger partial charge in [0, 0.05) is 13.1 Å². The molecule has 8 heteroatoms. The van der Waals surface area contributed by atoms with Crippen LogP contribution in [0.15, 0.2) is 23.1 Å². The van der Waals surface area contributed by atoms with Crippen LogP contribution >= 0.6 is 0 Å². The van der Waals surface area contributed by atoms with Crippen molar-refractivity contribution in [3.05, 3.63) is 18.2 Å². The van der Waals surface area contributed by atoms with E-state index in [0.29, 0.717) is 18.0 Å². The highest BCUT2D eigenvalue weighted by molar-refractivity contribution is 7.89. The van der Waals surface area contributed by atoms with Crippen LogP contribution in [0.3, 0.4) is 0 Å². The molecule has 2 rings (SSSR count). The van der Waals surface area contributed by atoms with E-state index in [1.807, 2.05) is 0 Å². The quantitative estimate of drug-likeness (QED) is 0.778. The summed E-state index contributed by atoms with van der Waals surface area (Å²) in [5.41, 5.74) is 0.440. The van der Waals surface area contributed by atoms with Gasteiger partial charge in [-0.25, -0.2) is 13.1 Å². The van der Waals surface area contributed by atoms with E-state index in [-0.39, 0.29) is 30.6 Å². The van der Waals surface area contributed by atoms with Crippen molar-refractivity contribution in [3.8, 4) is 5.75 Å². The third-order valence-corrected chi connectivity index (χ3v) is 4.36. The van der Waals surface area contributed by atoms with Crippen LogP contribution in [0.25, 0.3) is 0 Å². The Hall–Kier alpha value is -1.64. The largest absolute Gasteiger partial charge is 0.482 e. The summed E-state index contributed by atoms with van der Waals surface area (Å²) in [6.45, 7) is 1.84. The highest BCUT2D eigenvalue weighted by Gasteiger charge is 2.26. The van der Waals surface area contributed by atoms with Crippen molar-refractivity contribution in [3.63, 3.8) is 0 Å². The summed E-state index contributed by atoms with van der Waals surface area (Å²) in [4.78, 5) is 13.2. The van der Waals surface area contributed by atoms with Gasteiger partial charge in [-0.15, -0.1) is 0 Å². The highest BCUT2D eigenvalue weighted by Crippen LogP contribution is 2.33. The summed E-state index contributed by atoms with van der Waals surface area (Å²) in [5, 5.41) is 8.68. The number of amides is 1. The van der Waals surface area contributed by atoms with Gasteiger partial charge in [0.05, 0.1) is 17.2 Å². The molecular weight excluding hydrogens is 284 g/mol. The summed E-state index contributed by atoms with van der Waals surface area (Å²) in [5.74, 6) is 0.269. The normalized spacial score (nSPS) is 14.9. The molecule has 0 fully saturated rings. The predicted molar refractivity (Wildman–Crippen MR) is 72.2 cm³/mol. The Kier molecular flexibility index (Phi) is 4.26. The Balaban J connectivity index is 2.40. The number of nitrogens with zero attached hydrogens (tertiary/aromatic N) is 1. The van der Waals surface area contributed by atoms with Crippen LogP contribution in [-0.2, 0) is 14.8 Å². The fourth-order valence-electron chi connectivity index (χ4n) is 1.96. The minimum absolute atomic E-state index is 0.0291. The lowest BCUT2D eigenvalue weighted by molar-refractivity contribution is -0.121. The van der Waals surface area contributed by atoms with Crippen molar-refractivity contribution in [2.24, 2.45) is 0 Å². The number of anilines is 1. The van der Waals surface area contributed by atoms with Gasteiger partial charge in [-0.2, -0.15) is 0 Å². The zero-order valence-electron chi connectivity index (χ0n) is 11.0. The van der Waals surface area contributed by atoms with E-state index in [9.17, 15) is 13.2 Å². The fraction of sp³-hybridized carbons (Fsp3) is 0.417. The number of aliphatic hydroxyl groups excluding tert-OH is 1. The predicted octanol–water partition coefficient (Wildman–Crippen LogP) is -0.297. The monoisotopic (exact) mass is 300 g/mol. The highest BCUT2D eigenvalue weighted by atomic mass is 32.2. The molecule has 0 bridgehead atoms. The first kappa shape index (κ1) is 14.8. The Morgan fingerprint density at radius 1 is 1.45 bits per heavy atom. The molecule has 0 saturated carbocycles. The molecule has 2 N–H and O–H groups in total. The van der Waals surface area contributed by atoms with E-state index in [1.165, 1.54) is 23.1 Å². The third kappa shape index (κ3) is 2.77. The summed E-state index contributed by atoms with van der Waals surface area (Å²) in [6.07, 6.45) is 0. The molecular formula is C12H16N2O5S. The minimum Gasteiger partial charge on any atom is -0.482 e. The lowest BCUT2D eigenvalue weighted by Crippen LogP contribution is -2.38. The number of fused-ring (bicyclic) bond motifs is 1. The number of ether oxygens (including phenoxy) is 1. The van der Waals surface area contributed by atoms with E-state index in [1.54, 1.807) is 6.92 Å². The number of carbonyl (C=O) groups excluding carboxylic acids is 1. The number of benzene rings is 1. The summed E-state index contributed by atoms with van der Waals surface area (Å²) in [7, 11) is -3.71. The summed E-state index contributed by atoms with van der Waals surface area (Å²) in [6, 6.07) is 4.33. The molecule has 20 heavy (non-hydrogen) atoms. The van der Waals surface area contributed by atoms with Gasteiger partial charge in [-0.1, -0.05) is 0 Å². The van der Waals surface area contributed by atoms with Gasteiger partial charge in [-0.05, 0) is 25.1 Å². The molecule has 1 aromatic rings. The molecule has 1 aliphatic heterocycles. The number of likely N-dealkylation sites (N-methyl/N-ethyl adjacent to an activating group) is 1. The van der Waals surface area contributed by atoms with E-state index >= 15 is 0 Å². The van der Waals surface area contributed by atoms with Gasteiger partial charge in [0.15, 0.2) is 6.61 Å². The maximum atomic E-state index is 12.0. The van der Waals surface area contributed by atoms with Gasteiger partial charge < -0.3 is 14.7 Å². The maximum absolute atomic E-state index is 12.0. The number of rotatable bonds is 5. The lowest BCUT2D eigenvalue weighted by Gasteiger charge is -2.28. The first-order chi connectivity index (χ1) is 9.49. The molecule has 1 heterocycles. The molecule has 1 amide bonds. The topological polar surface area (TPSA) is 95.9 Å². The van der Waals surface area contributed by atoms with E-state index in [2.05, 4.69) is 4.72 Å². The molecule has 1 aromatic carbocycles. The lowest BCUT2D eigenvalue weighted by atomic mass is 10.2. The number of nitrogens with one attached hydrogen (secondary N) is 1. The Morgan fingerprint density at radius 3 is 2.85 bits per heavy atom. The molecule has 0 radical (unpaired) electrons. The van der Waals surface area contributed by atoms with Gasteiger partial charge in [0.1, 0.15) is 5.75 Å². The number of carbonyl (C=O) groups is 1. The third-order valence-electron chi connectivity index (χ3n) is 2.90. The van der Waals surface area contributed by atoms with Gasteiger partial charge >= 0.3 is 0 Å². The smallest absolute Gasteiger partial charge is 0.265 e. The van der Waals surface area contributed by atoms with Crippen molar-refractivity contribution in [2.45, 2.75) is 11.8 Å². The SMILES string of the molecule is CCN1C(=O)COc2ccc(S(=O)(=O)NCCO)cc21. The van der Waals surface area contributed by atoms with E-state index in [0.717, 1.165) is 0 Å². The fourth-order valence-corrected chi connectivity index (χ4v) is 3.00.